The van der Waals surface area contributed by atoms with Crippen LogP contribution in [-0.4, -0.2) is 17.8 Å². The second kappa shape index (κ2) is 6.02. The number of rotatable bonds is 4. The topological polar surface area (TPSA) is 29.5 Å². The SMILES string of the molecule is OCC(OC1CCCCC1)c1ccccc1. The highest BCUT2D eigenvalue weighted by Crippen LogP contribution is 2.26. The van der Waals surface area contributed by atoms with Crippen molar-refractivity contribution in [2.45, 2.75) is 44.3 Å². The van der Waals surface area contributed by atoms with Crippen LogP contribution in [-0.2, 0) is 4.74 Å². The molecule has 88 valence electrons. The molecule has 0 aliphatic heterocycles. The Morgan fingerprint density at radius 3 is 2.44 bits per heavy atom. The number of benzene rings is 1. The number of aliphatic hydroxyl groups excluding tert-OH is 1. The predicted octanol–water partition coefficient (Wildman–Crippen LogP) is 3.07. The Bertz CT molecular complexity index is 291. The van der Waals surface area contributed by atoms with Gasteiger partial charge >= 0.3 is 0 Å². The Balaban J connectivity index is 1.94. The van der Waals surface area contributed by atoms with Gasteiger partial charge in [0.25, 0.3) is 0 Å². The third kappa shape index (κ3) is 3.06. The summed E-state index contributed by atoms with van der Waals surface area (Å²) in [5.41, 5.74) is 1.08. The molecule has 2 nitrogen and oxygen atoms in total. The van der Waals surface area contributed by atoms with E-state index in [-0.39, 0.29) is 12.7 Å². The third-order valence-electron chi connectivity index (χ3n) is 3.25. The molecule has 16 heavy (non-hydrogen) atoms. The maximum Gasteiger partial charge on any atom is 0.106 e. The summed E-state index contributed by atoms with van der Waals surface area (Å²) in [6, 6.07) is 10.00. The summed E-state index contributed by atoms with van der Waals surface area (Å²) >= 11 is 0. The van der Waals surface area contributed by atoms with Crippen LogP contribution in [0.5, 0.6) is 0 Å². The Kier molecular flexibility index (Phi) is 4.37. The van der Waals surface area contributed by atoms with Crippen LogP contribution in [0.3, 0.4) is 0 Å². The molecule has 0 bridgehead atoms. The first-order valence-electron chi connectivity index (χ1n) is 6.21. The molecule has 0 radical (unpaired) electrons. The maximum atomic E-state index is 9.39. The minimum absolute atomic E-state index is 0.0700. The standard InChI is InChI=1S/C14H20O2/c15-11-14(12-7-3-1-4-8-12)16-13-9-5-2-6-10-13/h1,3-4,7-8,13-15H,2,5-6,9-11H2. The van der Waals surface area contributed by atoms with Crippen molar-refractivity contribution in [1.29, 1.82) is 0 Å². The molecular weight excluding hydrogens is 200 g/mol. The van der Waals surface area contributed by atoms with E-state index in [1.807, 2.05) is 30.3 Å². The van der Waals surface area contributed by atoms with Gasteiger partial charge in [-0.05, 0) is 18.4 Å². The fraction of sp³-hybridized carbons (Fsp3) is 0.571. The highest BCUT2D eigenvalue weighted by molar-refractivity contribution is 5.17. The lowest BCUT2D eigenvalue weighted by Gasteiger charge is -2.26. The summed E-state index contributed by atoms with van der Waals surface area (Å²) in [4.78, 5) is 0. The van der Waals surface area contributed by atoms with Crippen LogP contribution in [0.15, 0.2) is 30.3 Å². The lowest BCUT2D eigenvalue weighted by Crippen LogP contribution is -2.21. The Morgan fingerprint density at radius 1 is 1.12 bits per heavy atom. The smallest absolute Gasteiger partial charge is 0.106 e. The zero-order chi connectivity index (χ0) is 11.2. The Hall–Kier alpha value is -0.860. The molecule has 1 aliphatic carbocycles. The highest BCUT2D eigenvalue weighted by Gasteiger charge is 2.19. The maximum absolute atomic E-state index is 9.39. The third-order valence-corrected chi connectivity index (χ3v) is 3.25. The average molecular weight is 220 g/mol. The predicted molar refractivity (Wildman–Crippen MR) is 64.2 cm³/mol. The minimum Gasteiger partial charge on any atom is -0.393 e. The summed E-state index contributed by atoms with van der Waals surface area (Å²) in [6.45, 7) is 0.0700. The quantitative estimate of drug-likeness (QED) is 0.845. The monoisotopic (exact) mass is 220 g/mol. The zero-order valence-electron chi connectivity index (χ0n) is 9.64. The molecule has 0 heterocycles. The molecule has 0 aromatic heterocycles. The van der Waals surface area contributed by atoms with Crippen LogP contribution < -0.4 is 0 Å². The summed E-state index contributed by atoms with van der Waals surface area (Å²) < 4.78 is 5.98. The molecule has 2 rings (SSSR count). The van der Waals surface area contributed by atoms with Crippen molar-refractivity contribution in [3.63, 3.8) is 0 Å². The number of aliphatic hydroxyl groups is 1. The fourth-order valence-corrected chi connectivity index (χ4v) is 2.33. The van der Waals surface area contributed by atoms with Crippen LogP contribution in [0.4, 0.5) is 0 Å². The van der Waals surface area contributed by atoms with Gasteiger partial charge in [0.1, 0.15) is 6.10 Å². The van der Waals surface area contributed by atoms with Gasteiger partial charge in [-0.3, -0.25) is 0 Å². The first kappa shape index (κ1) is 11.6. The molecule has 1 aromatic carbocycles. The van der Waals surface area contributed by atoms with Crippen molar-refractivity contribution >= 4 is 0 Å². The van der Waals surface area contributed by atoms with E-state index in [9.17, 15) is 5.11 Å². The van der Waals surface area contributed by atoms with Gasteiger partial charge in [0.2, 0.25) is 0 Å². The first-order chi connectivity index (χ1) is 7.90. The van der Waals surface area contributed by atoms with Crippen LogP contribution in [0.1, 0.15) is 43.8 Å². The van der Waals surface area contributed by atoms with E-state index in [1.54, 1.807) is 0 Å². The molecule has 1 unspecified atom stereocenters. The van der Waals surface area contributed by atoms with Gasteiger partial charge in [0.15, 0.2) is 0 Å². The second-order valence-corrected chi connectivity index (χ2v) is 4.48. The molecule has 2 heteroatoms. The van der Waals surface area contributed by atoms with Gasteiger partial charge in [-0.25, -0.2) is 0 Å². The number of hydrogen-bond donors (Lipinski definition) is 1. The normalized spacial score (nSPS) is 19.6. The van der Waals surface area contributed by atoms with Crippen molar-refractivity contribution in [1.82, 2.24) is 0 Å². The summed E-state index contributed by atoms with van der Waals surface area (Å²) in [5, 5.41) is 9.39. The number of ether oxygens (including phenoxy) is 1. The van der Waals surface area contributed by atoms with Crippen molar-refractivity contribution < 1.29 is 9.84 Å². The molecule has 0 saturated heterocycles. The highest BCUT2D eigenvalue weighted by atomic mass is 16.5. The van der Waals surface area contributed by atoms with Gasteiger partial charge in [-0.1, -0.05) is 49.6 Å². The van der Waals surface area contributed by atoms with Gasteiger partial charge in [0.05, 0.1) is 12.7 Å². The van der Waals surface area contributed by atoms with Gasteiger partial charge in [-0.15, -0.1) is 0 Å². The van der Waals surface area contributed by atoms with E-state index in [0.717, 1.165) is 18.4 Å². The molecular formula is C14H20O2. The van der Waals surface area contributed by atoms with Crippen LogP contribution in [0, 0.1) is 0 Å². The molecule has 0 spiro atoms. The average Bonchev–Trinajstić information content (AvgIpc) is 2.38. The summed E-state index contributed by atoms with van der Waals surface area (Å²) in [5.74, 6) is 0. The van der Waals surface area contributed by atoms with Gasteiger partial charge in [0, 0.05) is 0 Å². The van der Waals surface area contributed by atoms with E-state index in [0.29, 0.717) is 6.10 Å². The molecule has 1 aliphatic rings. The largest absolute Gasteiger partial charge is 0.393 e. The molecule has 1 atom stereocenters. The Morgan fingerprint density at radius 2 is 1.81 bits per heavy atom. The fourth-order valence-electron chi connectivity index (χ4n) is 2.33. The minimum atomic E-state index is -0.149. The summed E-state index contributed by atoms with van der Waals surface area (Å²) in [7, 11) is 0. The van der Waals surface area contributed by atoms with E-state index in [2.05, 4.69) is 0 Å². The van der Waals surface area contributed by atoms with E-state index < -0.39 is 0 Å². The lowest BCUT2D eigenvalue weighted by molar-refractivity contribution is -0.0550. The van der Waals surface area contributed by atoms with E-state index in [4.69, 9.17) is 4.74 Å². The van der Waals surface area contributed by atoms with Crippen LogP contribution in [0.2, 0.25) is 0 Å². The molecule has 1 aromatic rings. The van der Waals surface area contributed by atoms with Crippen molar-refractivity contribution in [2.24, 2.45) is 0 Å². The second-order valence-electron chi connectivity index (χ2n) is 4.48. The molecule has 0 amide bonds. The molecule has 1 fully saturated rings. The molecule has 1 saturated carbocycles. The van der Waals surface area contributed by atoms with E-state index in [1.165, 1.54) is 19.3 Å². The van der Waals surface area contributed by atoms with E-state index >= 15 is 0 Å². The first-order valence-corrected chi connectivity index (χ1v) is 6.21. The van der Waals surface area contributed by atoms with Gasteiger partial charge < -0.3 is 9.84 Å². The van der Waals surface area contributed by atoms with Crippen LogP contribution >= 0.6 is 0 Å². The number of hydrogen-bond acceptors (Lipinski definition) is 2. The van der Waals surface area contributed by atoms with Gasteiger partial charge in [-0.2, -0.15) is 0 Å². The van der Waals surface area contributed by atoms with Crippen molar-refractivity contribution in [2.75, 3.05) is 6.61 Å². The Labute approximate surface area is 97.3 Å². The lowest BCUT2D eigenvalue weighted by atomic mass is 9.97. The van der Waals surface area contributed by atoms with Crippen molar-refractivity contribution in [3.8, 4) is 0 Å². The summed E-state index contributed by atoms with van der Waals surface area (Å²) in [6.07, 6.45) is 6.33. The van der Waals surface area contributed by atoms with Crippen molar-refractivity contribution in [3.05, 3.63) is 35.9 Å². The zero-order valence-corrected chi connectivity index (χ0v) is 9.64. The molecule has 1 N–H and O–H groups in total. The van der Waals surface area contributed by atoms with Crippen LogP contribution in [0.25, 0.3) is 0 Å².